The molecule has 3 aliphatic rings. The van der Waals surface area contributed by atoms with Gasteiger partial charge in [-0.15, -0.1) is 0 Å². The number of hydrogen-bond donors (Lipinski definition) is 1. The van der Waals surface area contributed by atoms with Crippen LogP contribution in [0.2, 0.25) is 0 Å². The molecule has 2 bridgehead atoms. The monoisotopic (exact) mass is 224 g/mol. The number of fused-ring (bicyclic) bond motifs is 2. The fourth-order valence-electron chi connectivity index (χ4n) is 4.24. The van der Waals surface area contributed by atoms with E-state index in [1.165, 1.54) is 32.1 Å². The average Bonchev–Trinajstić information content (AvgIpc) is 2.92. The molecule has 0 amide bonds. The fraction of sp³-hybridized carbons (Fsp3) is 1.00. The molecule has 92 valence electrons. The molecule has 1 aliphatic heterocycles. The quantitative estimate of drug-likeness (QED) is 0.798. The van der Waals surface area contributed by atoms with E-state index in [0.29, 0.717) is 5.92 Å². The summed E-state index contributed by atoms with van der Waals surface area (Å²) < 4.78 is 5.47. The molecule has 2 saturated carbocycles. The molecule has 2 aliphatic carbocycles. The Balaban J connectivity index is 1.50. The lowest BCUT2D eigenvalue weighted by molar-refractivity contribution is -0.0206. The van der Waals surface area contributed by atoms with Crippen LogP contribution in [-0.2, 0) is 4.74 Å². The zero-order valence-corrected chi connectivity index (χ0v) is 10.1. The predicted octanol–water partition coefficient (Wildman–Crippen LogP) is 2.60. The minimum Gasteiger partial charge on any atom is -0.393 e. The van der Waals surface area contributed by atoms with Crippen LogP contribution < -0.4 is 0 Å². The lowest BCUT2D eigenvalue weighted by Gasteiger charge is -2.30. The van der Waals surface area contributed by atoms with Gasteiger partial charge in [-0.25, -0.2) is 0 Å². The van der Waals surface area contributed by atoms with Crippen LogP contribution in [0.15, 0.2) is 0 Å². The van der Waals surface area contributed by atoms with Crippen molar-refractivity contribution in [1.29, 1.82) is 0 Å². The molecule has 1 saturated heterocycles. The number of rotatable bonds is 3. The molecule has 1 heterocycles. The number of aliphatic hydroxyl groups is 1. The van der Waals surface area contributed by atoms with E-state index in [-0.39, 0.29) is 6.10 Å². The van der Waals surface area contributed by atoms with Gasteiger partial charge in [0.25, 0.3) is 0 Å². The first-order chi connectivity index (χ1) is 7.83. The van der Waals surface area contributed by atoms with Gasteiger partial charge in [0.15, 0.2) is 0 Å². The van der Waals surface area contributed by atoms with Gasteiger partial charge in [-0.2, -0.15) is 0 Å². The van der Waals surface area contributed by atoms with Crippen LogP contribution in [0.3, 0.4) is 0 Å². The van der Waals surface area contributed by atoms with E-state index in [1.807, 2.05) is 0 Å². The molecule has 0 aromatic rings. The molecule has 0 spiro atoms. The first-order valence-corrected chi connectivity index (χ1v) is 7.08. The molecule has 0 radical (unpaired) electrons. The highest BCUT2D eigenvalue weighted by atomic mass is 16.5. The normalized spacial score (nSPS) is 44.8. The first-order valence-electron chi connectivity index (χ1n) is 7.08. The molecule has 5 unspecified atom stereocenters. The average molecular weight is 224 g/mol. The van der Waals surface area contributed by atoms with Gasteiger partial charge >= 0.3 is 0 Å². The van der Waals surface area contributed by atoms with Crippen molar-refractivity contribution in [1.82, 2.24) is 0 Å². The molecular formula is C14H24O2. The summed E-state index contributed by atoms with van der Waals surface area (Å²) in [5.41, 5.74) is 0. The highest BCUT2D eigenvalue weighted by Gasteiger charge is 2.40. The summed E-state index contributed by atoms with van der Waals surface area (Å²) in [5.74, 6) is 3.21. The maximum atomic E-state index is 10.3. The van der Waals surface area contributed by atoms with E-state index in [1.54, 1.807) is 0 Å². The number of ether oxygens (including phenoxy) is 1. The lowest BCUT2D eigenvalue weighted by Crippen LogP contribution is -2.31. The Morgan fingerprint density at radius 2 is 2.12 bits per heavy atom. The predicted molar refractivity (Wildman–Crippen MR) is 63.1 cm³/mol. The maximum absolute atomic E-state index is 10.3. The van der Waals surface area contributed by atoms with Crippen LogP contribution in [0.1, 0.15) is 44.9 Å². The van der Waals surface area contributed by atoms with Gasteiger partial charge in [-0.3, -0.25) is 0 Å². The van der Waals surface area contributed by atoms with E-state index in [9.17, 15) is 5.11 Å². The maximum Gasteiger partial charge on any atom is 0.0593 e. The van der Waals surface area contributed by atoms with Crippen molar-refractivity contribution in [2.45, 2.75) is 51.0 Å². The van der Waals surface area contributed by atoms with Gasteiger partial charge in [0.2, 0.25) is 0 Å². The van der Waals surface area contributed by atoms with Crippen molar-refractivity contribution < 1.29 is 9.84 Å². The standard InChI is InChI=1S/C14H24O2/c15-14(12-2-1-5-16-9-12)8-13-7-10-3-4-11(13)6-10/h10-15H,1-9H2. The zero-order valence-electron chi connectivity index (χ0n) is 10.1. The zero-order chi connectivity index (χ0) is 11.0. The Morgan fingerprint density at radius 1 is 1.19 bits per heavy atom. The Kier molecular flexibility index (Phi) is 3.21. The molecule has 2 heteroatoms. The molecule has 3 fully saturated rings. The van der Waals surface area contributed by atoms with Gasteiger partial charge in [-0.1, -0.05) is 6.42 Å². The summed E-state index contributed by atoms with van der Waals surface area (Å²) in [7, 11) is 0. The minimum atomic E-state index is -0.0929. The Bertz CT molecular complexity index is 235. The van der Waals surface area contributed by atoms with Crippen LogP contribution in [0.25, 0.3) is 0 Å². The largest absolute Gasteiger partial charge is 0.393 e. The Hall–Kier alpha value is -0.0800. The van der Waals surface area contributed by atoms with Crippen LogP contribution in [0.5, 0.6) is 0 Å². The number of hydrogen-bond acceptors (Lipinski definition) is 2. The summed E-state index contributed by atoms with van der Waals surface area (Å²) in [6.45, 7) is 1.69. The van der Waals surface area contributed by atoms with E-state index < -0.39 is 0 Å². The fourth-order valence-corrected chi connectivity index (χ4v) is 4.24. The molecule has 0 aromatic heterocycles. The van der Waals surface area contributed by atoms with Crippen molar-refractivity contribution in [3.8, 4) is 0 Å². The summed E-state index contributed by atoms with van der Waals surface area (Å²) in [6.07, 6.45) is 9.01. The van der Waals surface area contributed by atoms with Crippen molar-refractivity contribution >= 4 is 0 Å². The van der Waals surface area contributed by atoms with Gasteiger partial charge in [0.05, 0.1) is 12.7 Å². The summed E-state index contributed by atoms with van der Waals surface area (Å²) >= 11 is 0. The van der Waals surface area contributed by atoms with Crippen LogP contribution in [0, 0.1) is 23.7 Å². The molecule has 16 heavy (non-hydrogen) atoms. The van der Waals surface area contributed by atoms with Gasteiger partial charge in [0.1, 0.15) is 0 Å². The third-order valence-corrected chi connectivity index (χ3v) is 5.17. The second kappa shape index (κ2) is 4.66. The van der Waals surface area contributed by atoms with Crippen molar-refractivity contribution in [2.24, 2.45) is 23.7 Å². The second-order valence-electron chi connectivity index (χ2n) is 6.22. The third-order valence-electron chi connectivity index (χ3n) is 5.17. The van der Waals surface area contributed by atoms with Gasteiger partial charge in [-0.05, 0) is 56.3 Å². The summed E-state index contributed by atoms with van der Waals surface area (Å²) in [6, 6.07) is 0. The van der Waals surface area contributed by atoms with Crippen LogP contribution in [-0.4, -0.2) is 24.4 Å². The molecule has 3 rings (SSSR count). The lowest BCUT2D eigenvalue weighted by atomic mass is 9.81. The highest BCUT2D eigenvalue weighted by molar-refractivity contribution is 4.91. The molecule has 0 aromatic carbocycles. The van der Waals surface area contributed by atoms with Crippen molar-refractivity contribution in [3.05, 3.63) is 0 Å². The molecule has 5 atom stereocenters. The van der Waals surface area contributed by atoms with Crippen LogP contribution in [0.4, 0.5) is 0 Å². The third kappa shape index (κ3) is 2.14. The Labute approximate surface area is 98.4 Å². The minimum absolute atomic E-state index is 0.0929. The number of aliphatic hydroxyl groups excluding tert-OH is 1. The summed E-state index contributed by atoms with van der Waals surface area (Å²) in [4.78, 5) is 0. The van der Waals surface area contributed by atoms with Crippen molar-refractivity contribution in [3.63, 3.8) is 0 Å². The summed E-state index contributed by atoms with van der Waals surface area (Å²) in [5, 5.41) is 10.3. The van der Waals surface area contributed by atoms with Crippen molar-refractivity contribution in [2.75, 3.05) is 13.2 Å². The second-order valence-corrected chi connectivity index (χ2v) is 6.22. The topological polar surface area (TPSA) is 29.5 Å². The molecule has 2 nitrogen and oxygen atoms in total. The molecule has 1 N–H and O–H groups in total. The van der Waals surface area contributed by atoms with Crippen LogP contribution >= 0.6 is 0 Å². The van der Waals surface area contributed by atoms with E-state index in [4.69, 9.17) is 4.74 Å². The van der Waals surface area contributed by atoms with Gasteiger partial charge < -0.3 is 9.84 Å². The van der Waals surface area contributed by atoms with E-state index in [2.05, 4.69) is 0 Å². The molecular weight excluding hydrogens is 200 g/mol. The van der Waals surface area contributed by atoms with Gasteiger partial charge in [0, 0.05) is 12.5 Å². The van der Waals surface area contributed by atoms with E-state index in [0.717, 1.165) is 43.8 Å². The Morgan fingerprint density at radius 3 is 2.75 bits per heavy atom. The smallest absolute Gasteiger partial charge is 0.0593 e. The van der Waals surface area contributed by atoms with E-state index >= 15 is 0 Å². The SMILES string of the molecule is OC(CC1CC2CCC1C2)C1CCCOC1. The highest BCUT2D eigenvalue weighted by Crippen LogP contribution is 2.50. The first kappa shape index (κ1) is 11.0.